The number of benzene rings is 2. The summed E-state index contributed by atoms with van der Waals surface area (Å²) in [5.41, 5.74) is 2.65. The highest BCUT2D eigenvalue weighted by Crippen LogP contribution is 2.19. The molecule has 1 aliphatic heterocycles. The first kappa shape index (κ1) is 29.0. The maximum absolute atomic E-state index is 9.12. The molecule has 0 aromatic heterocycles. The Morgan fingerprint density at radius 2 is 1.14 bits per heavy atom. The molecule has 0 saturated carbocycles. The Morgan fingerprint density at radius 1 is 0.686 bits per heavy atom. The molecule has 1 heterocycles. The van der Waals surface area contributed by atoms with Crippen molar-refractivity contribution in [2.45, 2.75) is 56.4 Å². The van der Waals surface area contributed by atoms with E-state index in [9.17, 15) is 0 Å². The van der Waals surface area contributed by atoms with E-state index in [0.717, 1.165) is 50.4 Å². The average molecular weight is 495 g/mol. The molecule has 2 aromatic carbocycles. The highest BCUT2D eigenvalue weighted by atomic mass is 16.6. The van der Waals surface area contributed by atoms with E-state index >= 15 is 0 Å². The van der Waals surface area contributed by atoms with Gasteiger partial charge in [-0.25, -0.2) is 0 Å². The molecule has 0 bridgehead atoms. The summed E-state index contributed by atoms with van der Waals surface area (Å²) in [5, 5.41) is 44.7. The average Bonchev–Trinajstić information content (AvgIpc) is 2.90. The number of aliphatic hydroxyl groups excluding tert-OH is 5. The second-order valence-corrected chi connectivity index (χ2v) is 8.24. The van der Waals surface area contributed by atoms with Crippen molar-refractivity contribution in [1.82, 2.24) is 0 Å². The molecule has 5 N–H and O–H groups in total. The van der Waals surface area contributed by atoms with Crippen molar-refractivity contribution >= 4 is 0 Å². The third-order valence-corrected chi connectivity index (χ3v) is 5.69. The van der Waals surface area contributed by atoms with Crippen molar-refractivity contribution in [2.75, 3.05) is 34.0 Å². The molecule has 196 valence electrons. The highest BCUT2D eigenvalue weighted by Gasteiger charge is 2.42. The van der Waals surface area contributed by atoms with Gasteiger partial charge in [-0.1, -0.05) is 24.3 Å². The molecule has 0 spiro atoms. The Balaban J connectivity index is 0.000000303. The van der Waals surface area contributed by atoms with Crippen LogP contribution in [0.1, 0.15) is 24.0 Å². The van der Waals surface area contributed by atoms with Crippen LogP contribution in [0.4, 0.5) is 0 Å². The summed E-state index contributed by atoms with van der Waals surface area (Å²) in [6.45, 7) is 1.10. The van der Waals surface area contributed by atoms with E-state index in [1.54, 1.807) is 14.2 Å². The van der Waals surface area contributed by atoms with Gasteiger partial charge in [-0.3, -0.25) is 0 Å². The fourth-order valence-corrected chi connectivity index (χ4v) is 3.52. The first-order valence-corrected chi connectivity index (χ1v) is 11.7. The van der Waals surface area contributed by atoms with Gasteiger partial charge in [-0.15, -0.1) is 0 Å². The summed E-state index contributed by atoms with van der Waals surface area (Å²) in [6, 6.07) is 16.5. The number of hydrogen-bond acceptors (Lipinski definition) is 9. The second kappa shape index (κ2) is 15.7. The summed E-state index contributed by atoms with van der Waals surface area (Å²) in [7, 11) is 3.38. The highest BCUT2D eigenvalue weighted by molar-refractivity contribution is 5.27. The van der Waals surface area contributed by atoms with Crippen LogP contribution in [-0.2, 0) is 22.3 Å². The normalized spacial score (nSPS) is 23.8. The molecule has 1 fully saturated rings. The molecular formula is C26H38O9. The van der Waals surface area contributed by atoms with Crippen LogP contribution in [-0.4, -0.2) is 90.3 Å². The van der Waals surface area contributed by atoms with Gasteiger partial charge in [0.2, 0.25) is 0 Å². The van der Waals surface area contributed by atoms with Gasteiger partial charge >= 0.3 is 0 Å². The van der Waals surface area contributed by atoms with Gasteiger partial charge in [-0.2, -0.15) is 0 Å². The molecule has 5 atom stereocenters. The van der Waals surface area contributed by atoms with Crippen LogP contribution in [0.5, 0.6) is 11.5 Å². The first-order valence-electron chi connectivity index (χ1n) is 11.7. The second-order valence-electron chi connectivity index (χ2n) is 8.24. The number of ether oxygens (including phenoxy) is 4. The van der Waals surface area contributed by atoms with Crippen molar-refractivity contribution in [3.63, 3.8) is 0 Å². The Morgan fingerprint density at radius 3 is 1.54 bits per heavy atom. The van der Waals surface area contributed by atoms with Gasteiger partial charge in [0.25, 0.3) is 0 Å². The minimum absolute atomic E-state index is 0.526. The summed E-state index contributed by atoms with van der Waals surface area (Å²) in [6.07, 6.45) is -2.85. The van der Waals surface area contributed by atoms with Gasteiger partial charge in [0.15, 0.2) is 6.29 Å². The van der Waals surface area contributed by atoms with Crippen LogP contribution in [0.3, 0.4) is 0 Å². The van der Waals surface area contributed by atoms with Crippen LogP contribution in [0.15, 0.2) is 48.5 Å². The monoisotopic (exact) mass is 494 g/mol. The predicted octanol–water partition coefficient (Wildman–Crippen LogP) is 1.06. The number of rotatable bonds is 11. The van der Waals surface area contributed by atoms with Gasteiger partial charge < -0.3 is 44.5 Å². The van der Waals surface area contributed by atoms with Crippen molar-refractivity contribution in [1.29, 1.82) is 0 Å². The third-order valence-electron chi connectivity index (χ3n) is 5.69. The van der Waals surface area contributed by atoms with E-state index < -0.39 is 37.3 Å². The predicted molar refractivity (Wildman–Crippen MR) is 129 cm³/mol. The van der Waals surface area contributed by atoms with E-state index in [0.29, 0.717) is 0 Å². The third kappa shape index (κ3) is 9.73. The largest absolute Gasteiger partial charge is 0.497 e. The number of methoxy groups -OCH3 is 2. The molecular weight excluding hydrogens is 456 g/mol. The van der Waals surface area contributed by atoms with E-state index in [-0.39, 0.29) is 0 Å². The Bertz CT molecular complexity index is 756. The standard InChI is InChI=1S/C20H26O3.C6H12O6/c1-21-19-11-7-17(8-12-19)5-3-15-23-16-4-6-18-9-13-20(22-2)14-10-18;7-1-2-3(8)4(9)5(10)6(11)12-2/h7-14H,3-6,15-16H2,1-2H3;2-11H,1H2/t;2-,3-,4+,5-,6?/m.1/s1. The maximum Gasteiger partial charge on any atom is 0.184 e. The Labute approximate surface area is 206 Å². The lowest BCUT2D eigenvalue weighted by atomic mass is 10.00. The molecule has 2 aromatic rings. The molecule has 9 nitrogen and oxygen atoms in total. The van der Waals surface area contributed by atoms with Crippen molar-refractivity contribution in [2.24, 2.45) is 0 Å². The molecule has 1 unspecified atom stereocenters. The summed E-state index contributed by atoms with van der Waals surface area (Å²) >= 11 is 0. The topological polar surface area (TPSA) is 138 Å². The van der Waals surface area contributed by atoms with Crippen LogP contribution in [0, 0.1) is 0 Å². The molecule has 1 aliphatic rings. The fourth-order valence-electron chi connectivity index (χ4n) is 3.52. The Hall–Kier alpha value is -2.24. The maximum atomic E-state index is 9.12. The smallest absolute Gasteiger partial charge is 0.184 e. The van der Waals surface area contributed by atoms with Gasteiger partial charge in [0, 0.05) is 13.2 Å². The van der Waals surface area contributed by atoms with Crippen LogP contribution in [0.2, 0.25) is 0 Å². The van der Waals surface area contributed by atoms with Crippen molar-refractivity contribution < 1.29 is 44.5 Å². The lowest BCUT2D eigenvalue weighted by Crippen LogP contribution is -2.58. The molecule has 3 rings (SSSR count). The van der Waals surface area contributed by atoms with E-state index in [1.165, 1.54) is 11.1 Å². The molecule has 0 amide bonds. The van der Waals surface area contributed by atoms with Crippen LogP contribution < -0.4 is 9.47 Å². The number of aliphatic hydroxyl groups is 5. The summed E-state index contributed by atoms with van der Waals surface area (Å²) < 4.78 is 20.6. The molecule has 0 radical (unpaired) electrons. The molecule has 0 aliphatic carbocycles. The quantitative estimate of drug-likeness (QED) is 0.290. The van der Waals surface area contributed by atoms with E-state index in [4.69, 9.17) is 39.7 Å². The molecule has 35 heavy (non-hydrogen) atoms. The minimum Gasteiger partial charge on any atom is -0.497 e. The van der Waals surface area contributed by atoms with Crippen molar-refractivity contribution in [3.8, 4) is 11.5 Å². The molecule has 1 saturated heterocycles. The summed E-state index contributed by atoms with van der Waals surface area (Å²) in [5.74, 6) is 1.81. The lowest BCUT2D eigenvalue weighted by molar-refractivity contribution is -0.286. The van der Waals surface area contributed by atoms with Crippen molar-refractivity contribution in [3.05, 3.63) is 59.7 Å². The van der Waals surface area contributed by atoms with Gasteiger partial charge in [-0.05, 0) is 61.1 Å². The zero-order chi connectivity index (χ0) is 25.6. The van der Waals surface area contributed by atoms with Gasteiger partial charge in [0.05, 0.1) is 20.8 Å². The summed E-state index contributed by atoms with van der Waals surface area (Å²) in [4.78, 5) is 0. The van der Waals surface area contributed by atoms with E-state index in [1.807, 2.05) is 24.3 Å². The van der Waals surface area contributed by atoms with Gasteiger partial charge in [0.1, 0.15) is 35.9 Å². The zero-order valence-corrected chi connectivity index (χ0v) is 20.3. The van der Waals surface area contributed by atoms with E-state index in [2.05, 4.69) is 29.0 Å². The minimum atomic E-state index is -1.57. The number of hydrogen-bond donors (Lipinski definition) is 5. The fraction of sp³-hybridized carbons (Fsp3) is 0.538. The SMILES string of the molecule is COc1ccc(CCCOCCCc2ccc(OC)cc2)cc1.OC[C@H]1OC(O)[C@H](O)[C@@H](O)[C@@H]1O. The number of aryl methyl sites for hydroxylation is 2. The zero-order valence-electron chi connectivity index (χ0n) is 20.3. The molecule has 9 heteroatoms. The first-order chi connectivity index (χ1) is 16.9. The Kier molecular flexibility index (Phi) is 13.0. The van der Waals surface area contributed by atoms with Crippen LogP contribution >= 0.6 is 0 Å². The van der Waals surface area contributed by atoms with Crippen LogP contribution in [0.25, 0.3) is 0 Å². The lowest BCUT2D eigenvalue weighted by Gasteiger charge is -2.37.